The molecule has 0 bridgehead atoms. The summed E-state index contributed by atoms with van der Waals surface area (Å²) in [6, 6.07) is 11.3. The van der Waals surface area contributed by atoms with Gasteiger partial charge in [-0.1, -0.05) is 38.5 Å². The number of nitrogens with one attached hydrogen (secondary N) is 1. The van der Waals surface area contributed by atoms with E-state index in [4.69, 9.17) is 35.5 Å². The summed E-state index contributed by atoms with van der Waals surface area (Å²) in [6.07, 6.45) is 9.85. The number of fused-ring (bicyclic) bond motifs is 1. The van der Waals surface area contributed by atoms with Crippen molar-refractivity contribution < 1.29 is 43.2 Å². The van der Waals surface area contributed by atoms with Crippen LogP contribution in [0.15, 0.2) is 75.3 Å². The van der Waals surface area contributed by atoms with Crippen LogP contribution in [0.3, 0.4) is 0 Å². The van der Waals surface area contributed by atoms with Crippen LogP contribution in [0.5, 0.6) is 0 Å². The number of hydrogen-bond acceptors (Lipinski definition) is 16. The van der Waals surface area contributed by atoms with Gasteiger partial charge >= 0.3 is 34.7 Å². The Hall–Kier alpha value is -4.76. The Morgan fingerprint density at radius 3 is 1.66 bits per heavy atom. The molecule has 61 heavy (non-hydrogen) atoms. The lowest BCUT2D eigenvalue weighted by Crippen LogP contribution is -2.10. The predicted octanol–water partition coefficient (Wildman–Crippen LogP) is 5.58. The summed E-state index contributed by atoms with van der Waals surface area (Å²) in [4.78, 5) is 24.1. The van der Waals surface area contributed by atoms with Gasteiger partial charge in [-0.15, -0.1) is 10.1 Å². The van der Waals surface area contributed by atoms with Gasteiger partial charge in [0.2, 0.25) is 18.0 Å². The lowest BCUT2D eigenvalue weighted by atomic mass is 10.1. The highest BCUT2D eigenvalue weighted by Gasteiger charge is 2.16. The lowest BCUT2D eigenvalue weighted by Gasteiger charge is -2.07. The molecule has 6 rings (SSSR count). The fourth-order valence-corrected chi connectivity index (χ4v) is 6.85. The molecule has 0 aliphatic carbocycles. The molecule has 332 valence electrons. The van der Waals surface area contributed by atoms with E-state index in [0.717, 1.165) is 62.1 Å². The van der Waals surface area contributed by atoms with Gasteiger partial charge in [0.05, 0.1) is 4.90 Å². The number of H-pyrrole nitrogens is 1. The number of nitrogens with two attached hydrogens (primary N) is 1. The van der Waals surface area contributed by atoms with Crippen molar-refractivity contribution in [3.63, 3.8) is 0 Å². The summed E-state index contributed by atoms with van der Waals surface area (Å²) in [6.45, 7) is 15.4. The molecule has 0 atom stereocenters. The largest absolute Gasteiger partial charge is 0.344 e. The predicted molar refractivity (Wildman–Crippen MR) is 239 cm³/mol. The van der Waals surface area contributed by atoms with Crippen molar-refractivity contribution in [2.45, 2.75) is 79.5 Å². The first-order valence-corrected chi connectivity index (χ1v) is 22.2. The fourth-order valence-electron chi connectivity index (χ4n) is 5.16. The van der Waals surface area contributed by atoms with Crippen molar-refractivity contribution in [1.82, 2.24) is 40.7 Å². The van der Waals surface area contributed by atoms with Crippen molar-refractivity contribution >= 4 is 88.2 Å². The van der Waals surface area contributed by atoms with Crippen LogP contribution in [0.1, 0.15) is 65.7 Å². The summed E-state index contributed by atoms with van der Waals surface area (Å²) >= 11 is 4.59. The van der Waals surface area contributed by atoms with Gasteiger partial charge in [0, 0.05) is 44.9 Å². The number of aryl methyl sites for hydroxylation is 8. The molecule has 0 aliphatic rings. The minimum Gasteiger partial charge on any atom is -0.344 e. The van der Waals surface area contributed by atoms with Crippen molar-refractivity contribution in [3.05, 3.63) is 115 Å². The number of nitrogens with zero attached hydrogens (tertiary/aromatic N) is 7. The van der Waals surface area contributed by atoms with Crippen molar-refractivity contribution in [3.8, 4) is 11.5 Å². The first kappa shape index (κ1) is 58.3. The number of anilines is 1. The van der Waals surface area contributed by atoms with E-state index in [-0.39, 0.29) is 11.0 Å². The summed E-state index contributed by atoms with van der Waals surface area (Å²) in [5, 5.41) is 4.43. The smallest absolute Gasteiger partial charge is 0.335 e. The average molecular weight is 1050 g/mol. The van der Waals surface area contributed by atoms with Gasteiger partial charge in [-0.2, -0.15) is 33.7 Å². The zero-order valence-corrected chi connectivity index (χ0v) is 40.8. The topological polar surface area (TPSA) is 314 Å². The number of halogens is 2. The SMILES string of the molecule is CCc1cc(Br)cnc1-c1nc2cc(C)ncn2n1.CCc1cc(Br)cnc1CC.Cc1cc(C)c(S(=O)(=O)O)c(C)c1.Cc1cc(N)[nH+]cn1.N.O=S=O.O=S=O.O=S=O. The van der Waals surface area contributed by atoms with Gasteiger partial charge < -0.3 is 11.9 Å². The number of hydrogen-bond donors (Lipinski definition) is 3. The van der Waals surface area contributed by atoms with Gasteiger partial charge in [0.25, 0.3) is 10.1 Å². The molecule has 0 spiro atoms. The number of nitrogen functional groups attached to an aromatic ring is 1. The minimum atomic E-state index is -4.08. The van der Waals surface area contributed by atoms with E-state index in [9.17, 15) is 8.42 Å². The van der Waals surface area contributed by atoms with Gasteiger partial charge in [0.15, 0.2) is 5.65 Å². The van der Waals surface area contributed by atoms with Gasteiger partial charge in [-0.3, -0.25) is 19.5 Å². The van der Waals surface area contributed by atoms with Gasteiger partial charge in [-0.05, 0) is 120 Å². The van der Waals surface area contributed by atoms with E-state index >= 15 is 0 Å². The molecule has 5 heterocycles. The standard InChI is InChI=1S/C13H12BrN5.C9H12BrN.C9H12O3S.C5H7N3.H3N.3O2S/c1-3-9-5-10(14)6-15-12(9)13-17-11-4-8(2)16-7-19(11)18-13;1-3-7-5-8(10)6-11-9(7)4-2;1-6-4-7(2)9(8(3)5-6)13(10,11)12;1-4-2-5(6)8-3-7-4;;3*1-3-2/h4-7H,3H2,1-2H3;5-6H,3-4H2,1-2H3;4-5H,1-3H3,(H,10,11,12);2-3H,1H3,(H2,6,7,8);1H3;;;/p+1. The van der Waals surface area contributed by atoms with Crippen LogP contribution in [0.4, 0.5) is 5.82 Å². The highest BCUT2D eigenvalue weighted by atomic mass is 79.9. The molecule has 5 aromatic heterocycles. The number of pyridine rings is 2. The second-order valence-corrected chi connectivity index (χ2v) is 15.4. The molecule has 0 aliphatic heterocycles. The second-order valence-electron chi connectivity index (χ2n) is 11.8. The zero-order chi connectivity index (χ0) is 46.0. The van der Waals surface area contributed by atoms with E-state index in [0.29, 0.717) is 22.8 Å². The zero-order valence-electron chi connectivity index (χ0n) is 34.4. The maximum absolute atomic E-state index is 10.9. The van der Waals surface area contributed by atoms with Crippen LogP contribution < -0.4 is 16.9 Å². The highest BCUT2D eigenvalue weighted by molar-refractivity contribution is 9.10. The Balaban J connectivity index is 0. The summed E-state index contributed by atoms with van der Waals surface area (Å²) in [5.41, 5.74) is 14.7. The van der Waals surface area contributed by atoms with Gasteiger partial charge in [0.1, 0.15) is 17.7 Å². The van der Waals surface area contributed by atoms with E-state index in [1.165, 1.54) is 11.3 Å². The Morgan fingerprint density at radius 1 is 0.721 bits per heavy atom. The molecule has 7 N–H and O–H groups in total. The second kappa shape index (κ2) is 31.1. The number of aromatic amines is 1. The Labute approximate surface area is 381 Å². The highest BCUT2D eigenvalue weighted by Crippen LogP contribution is 2.23. The van der Waals surface area contributed by atoms with E-state index in [1.54, 1.807) is 55.4 Å². The first-order chi connectivity index (χ1) is 28.3. The van der Waals surface area contributed by atoms with Gasteiger partial charge in [-0.25, -0.2) is 14.5 Å². The molecule has 6 aromatic rings. The quantitative estimate of drug-likeness (QED) is 0.177. The first-order valence-electron chi connectivity index (χ1n) is 17.2. The van der Waals surface area contributed by atoms with Crippen molar-refractivity contribution in [2.75, 3.05) is 5.73 Å². The Morgan fingerprint density at radius 2 is 1.21 bits per heavy atom. The molecule has 25 heteroatoms. The summed E-state index contributed by atoms with van der Waals surface area (Å²) < 4.78 is 84.3. The molecule has 19 nitrogen and oxygen atoms in total. The van der Waals surface area contributed by atoms with E-state index < -0.39 is 44.8 Å². The summed E-state index contributed by atoms with van der Waals surface area (Å²) in [7, 11) is -4.08. The van der Waals surface area contributed by atoms with E-state index in [1.807, 2.05) is 33.0 Å². The van der Waals surface area contributed by atoms with E-state index in [2.05, 4.69) is 99.8 Å². The van der Waals surface area contributed by atoms with Crippen molar-refractivity contribution in [2.24, 2.45) is 0 Å². The van der Waals surface area contributed by atoms with Crippen LogP contribution in [-0.4, -0.2) is 72.8 Å². The number of benzene rings is 1. The van der Waals surface area contributed by atoms with Crippen molar-refractivity contribution in [1.29, 1.82) is 0 Å². The fraction of sp³-hybridized carbons (Fsp3) is 0.306. The van der Waals surface area contributed by atoms with Crippen LogP contribution in [0.2, 0.25) is 0 Å². The third kappa shape index (κ3) is 22.1. The number of aromatic nitrogens is 8. The molecule has 0 fully saturated rings. The third-order valence-electron chi connectivity index (χ3n) is 7.36. The molecule has 0 saturated heterocycles. The average Bonchev–Trinajstić information content (AvgIpc) is 3.58. The lowest BCUT2D eigenvalue weighted by molar-refractivity contribution is -0.365. The van der Waals surface area contributed by atoms with Crippen LogP contribution >= 0.6 is 31.9 Å². The molecular weight excluding hydrogens is 1000 g/mol. The molecule has 0 unspecified atom stereocenters. The van der Waals surface area contributed by atoms with Crippen LogP contribution in [0.25, 0.3) is 17.2 Å². The molecule has 1 aromatic carbocycles. The summed E-state index contributed by atoms with van der Waals surface area (Å²) in [5.74, 6) is 1.29. The Bertz CT molecular complexity index is 2470. The third-order valence-corrected chi connectivity index (χ3v) is 9.39. The molecule has 0 saturated carbocycles. The normalized spacial score (nSPS) is 9.56. The Kier molecular flexibility index (Phi) is 29.8. The maximum atomic E-state index is 10.9. The molecule has 0 radical (unpaired) electrons. The van der Waals surface area contributed by atoms with Crippen LogP contribution in [0, 0.1) is 34.6 Å². The van der Waals surface area contributed by atoms with Crippen LogP contribution in [-0.2, 0) is 64.1 Å². The molecule has 0 amide bonds. The minimum absolute atomic E-state index is 0. The monoisotopic (exact) mass is 1050 g/mol. The maximum Gasteiger partial charge on any atom is 0.335 e. The molecular formula is C36H47Br2N10O9S4+. The number of rotatable bonds is 5.